The van der Waals surface area contributed by atoms with E-state index in [1.165, 1.54) is 25.7 Å². The lowest BCUT2D eigenvalue weighted by atomic mass is 9.82. The summed E-state index contributed by atoms with van der Waals surface area (Å²) in [6, 6.07) is 0. The Kier molecular flexibility index (Phi) is 7.99. The van der Waals surface area contributed by atoms with Crippen molar-refractivity contribution < 1.29 is 13.2 Å². The maximum absolute atomic E-state index is 12.6. The molecule has 0 radical (unpaired) electrons. The zero-order chi connectivity index (χ0) is 17.9. The quantitative estimate of drug-likeness (QED) is 0.377. The average molecular weight is 502 g/mol. The number of nitrogens with zero attached hydrogens (tertiary/aromatic N) is 3. The molecule has 1 aromatic rings. The molecule has 2 aliphatic rings. The lowest BCUT2D eigenvalue weighted by Gasteiger charge is -2.22. The van der Waals surface area contributed by atoms with Gasteiger partial charge in [0.25, 0.3) is 0 Å². The van der Waals surface area contributed by atoms with E-state index in [9.17, 15) is 13.2 Å². The van der Waals surface area contributed by atoms with Crippen molar-refractivity contribution >= 4 is 41.3 Å². The lowest BCUT2D eigenvalue weighted by molar-refractivity contribution is -0.140. The smallest absolute Gasteiger partial charge is 0.357 e. The molecule has 148 valence electrons. The third-order valence-corrected chi connectivity index (χ3v) is 5.95. The van der Waals surface area contributed by atoms with E-state index in [2.05, 4.69) is 20.2 Å². The van der Waals surface area contributed by atoms with Gasteiger partial charge < -0.3 is 10.2 Å². The Morgan fingerprint density at radius 1 is 1.31 bits per heavy atom. The van der Waals surface area contributed by atoms with Gasteiger partial charge in [-0.1, -0.05) is 12.8 Å². The second-order valence-electron chi connectivity index (χ2n) is 6.82. The van der Waals surface area contributed by atoms with E-state index in [-0.39, 0.29) is 24.0 Å². The van der Waals surface area contributed by atoms with Crippen molar-refractivity contribution in [2.45, 2.75) is 45.2 Å². The number of hydrogen-bond acceptors (Lipinski definition) is 3. The minimum atomic E-state index is -4.36. The van der Waals surface area contributed by atoms with Crippen LogP contribution in [0.25, 0.3) is 0 Å². The van der Waals surface area contributed by atoms with Crippen LogP contribution in [0.15, 0.2) is 10.4 Å². The van der Waals surface area contributed by atoms with Gasteiger partial charge in [0.2, 0.25) is 0 Å². The largest absolute Gasteiger partial charge is 0.434 e. The summed E-state index contributed by atoms with van der Waals surface area (Å²) in [5.41, 5.74) is -0.799. The van der Waals surface area contributed by atoms with Gasteiger partial charge in [0.1, 0.15) is 0 Å². The first kappa shape index (κ1) is 21.7. The molecule has 0 amide bonds. The van der Waals surface area contributed by atoms with Crippen LogP contribution in [0.1, 0.15) is 43.3 Å². The van der Waals surface area contributed by atoms with Crippen LogP contribution in [-0.4, -0.2) is 42.0 Å². The lowest BCUT2D eigenvalue weighted by Crippen LogP contribution is -2.40. The van der Waals surface area contributed by atoms with E-state index in [1.54, 1.807) is 0 Å². The number of aliphatic imine (C=N–C) groups is 1. The molecule has 1 aromatic heterocycles. The molecule has 1 saturated heterocycles. The highest BCUT2D eigenvalue weighted by Gasteiger charge is 2.35. The predicted octanol–water partition coefficient (Wildman–Crippen LogP) is 4.41. The molecular weight excluding hydrogens is 476 g/mol. The van der Waals surface area contributed by atoms with Gasteiger partial charge in [-0.05, 0) is 31.6 Å². The van der Waals surface area contributed by atoms with Crippen molar-refractivity contribution in [2.24, 2.45) is 16.8 Å². The number of nitrogens with one attached hydrogen (secondary N) is 1. The van der Waals surface area contributed by atoms with Crippen LogP contribution in [0.4, 0.5) is 13.2 Å². The van der Waals surface area contributed by atoms with Crippen molar-refractivity contribution in [1.29, 1.82) is 0 Å². The van der Waals surface area contributed by atoms with Crippen LogP contribution in [0, 0.1) is 11.8 Å². The average Bonchev–Trinajstić information content (AvgIpc) is 3.20. The number of guanidine groups is 1. The van der Waals surface area contributed by atoms with E-state index in [4.69, 9.17) is 0 Å². The zero-order valence-electron chi connectivity index (χ0n) is 14.9. The van der Waals surface area contributed by atoms with E-state index in [0.717, 1.165) is 54.1 Å². The van der Waals surface area contributed by atoms with Crippen LogP contribution in [0.2, 0.25) is 0 Å². The molecule has 2 unspecified atom stereocenters. The molecule has 0 bridgehead atoms. The summed E-state index contributed by atoms with van der Waals surface area (Å²) in [5, 5.41) is 4.90. The van der Waals surface area contributed by atoms with Crippen LogP contribution >= 0.6 is 35.3 Å². The monoisotopic (exact) mass is 502 g/mol. The molecule has 1 aliphatic heterocycles. The highest BCUT2D eigenvalue weighted by Crippen LogP contribution is 2.36. The number of halogens is 4. The summed E-state index contributed by atoms with van der Waals surface area (Å²) in [4.78, 5) is 10.6. The third-order valence-electron chi connectivity index (χ3n) is 5.04. The molecule has 2 fully saturated rings. The van der Waals surface area contributed by atoms with Gasteiger partial charge in [-0.25, -0.2) is 4.98 Å². The molecule has 2 heterocycles. The Morgan fingerprint density at radius 2 is 1.96 bits per heavy atom. The van der Waals surface area contributed by atoms with E-state index >= 15 is 0 Å². The van der Waals surface area contributed by atoms with Gasteiger partial charge in [-0.3, -0.25) is 4.99 Å². The molecule has 1 aliphatic carbocycles. The summed E-state index contributed by atoms with van der Waals surface area (Å²) in [5.74, 6) is 2.43. The minimum absolute atomic E-state index is 0. The maximum Gasteiger partial charge on any atom is 0.434 e. The molecule has 9 heteroatoms. The van der Waals surface area contributed by atoms with Gasteiger partial charge in [0.15, 0.2) is 11.7 Å². The van der Waals surface area contributed by atoms with Crippen LogP contribution < -0.4 is 5.32 Å². The van der Waals surface area contributed by atoms with E-state index in [0.29, 0.717) is 18.0 Å². The fraction of sp³-hybridized carbons (Fsp3) is 0.765. The van der Waals surface area contributed by atoms with Crippen LogP contribution in [0.5, 0.6) is 0 Å². The van der Waals surface area contributed by atoms with Crippen LogP contribution in [0.3, 0.4) is 0 Å². The second-order valence-corrected chi connectivity index (χ2v) is 7.76. The fourth-order valence-corrected chi connectivity index (χ4v) is 4.61. The summed E-state index contributed by atoms with van der Waals surface area (Å²) in [6.07, 6.45) is 1.34. The summed E-state index contributed by atoms with van der Waals surface area (Å²) in [6.45, 7) is 5.38. The highest BCUT2D eigenvalue weighted by molar-refractivity contribution is 14.0. The molecule has 26 heavy (non-hydrogen) atoms. The Bertz CT molecular complexity index is 591. The van der Waals surface area contributed by atoms with Crippen molar-refractivity contribution in [3.05, 3.63) is 16.1 Å². The molecule has 4 nitrogen and oxygen atoms in total. The zero-order valence-corrected chi connectivity index (χ0v) is 18.0. The molecule has 0 aromatic carbocycles. The highest BCUT2D eigenvalue weighted by atomic mass is 127. The second kappa shape index (κ2) is 9.57. The molecular formula is C17H26F3IN4S. The van der Waals surface area contributed by atoms with Gasteiger partial charge in [0, 0.05) is 38.0 Å². The summed E-state index contributed by atoms with van der Waals surface area (Å²) in [7, 11) is 0. The number of aromatic nitrogens is 1. The number of likely N-dealkylation sites (tertiary alicyclic amines) is 1. The van der Waals surface area contributed by atoms with Gasteiger partial charge in [0.05, 0.1) is 5.01 Å². The Labute approximate surface area is 173 Å². The normalized spacial score (nSPS) is 23.5. The Morgan fingerprint density at radius 3 is 2.50 bits per heavy atom. The first-order valence-corrected chi connectivity index (χ1v) is 9.90. The number of rotatable bonds is 4. The standard InChI is InChI=1S/C17H25F3N4S.HI/c1-2-21-16(24-9-12-5-3-4-6-13(12)10-24)22-8-7-15-23-14(11-25-15)17(18,19)20;/h11-13H,2-10H2,1H3,(H,21,22);1H. The van der Waals surface area contributed by atoms with Crippen molar-refractivity contribution in [1.82, 2.24) is 15.2 Å². The maximum atomic E-state index is 12.6. The number of thiazole rings is 1. The first-order chi connectivity index (χ1) is 12.0. The van der Waals surface area contributed by atoms with E-state index < -0.39 is 11.9 Å². The Balaban J connectivity index is 0.00000243. The van der Waals surface area contributed by atoms with Crippen molar-refractivity contribution in [2.75, 3.05) is 26.2 Å². The van der Waals surface area contributed by atoms with Crippen LogP contribution in [-0.2, 0) is 12.6 Å². The van der Waals surface area contributed by atoms with E-state index in [1.807, 2.05) is 6.92 Å². The predicted molar refractivity (Wildman–Crippen MR) is 109 cm³/mol. The third kappa shape index (κ3) is 5.46. The Hall–Kier alpha value is -0.580. The van der Waals surface area contributed by atoms with Gasteiger partial charge in [-0.15, -0.1) is 35.3 Å². The fourth-order valence-electron chi connectivity index (χ4n) is 3.82. The molecule has 0 spiro atoms. The minimum Gasteiger partial charge on any atom is -0.357 e. The molecule has 1 saturated carbocycles. The van der Waals surface area contributed by atoms with Gasteiger partial charge >= 0.3 is 6.18 Å². The number of hydrogen-bond donors (Lipinski definition) is 1. The SMILES string of the molecule is CCNC(=NCCc1nc(C(F)(F)F)cs1)N1CC2CCCCC2C1.I. The summed E-state index contributed by atoms with van der Waals surface area (Å²) >= 11 is 1.06. The van der Waals surface area contributed by atoms with Crippen molar-refractivity contribution in [3.63, 3.8) is 0 Å². The first-order valence-electron chi connectivity index (χ1n) is 9.02. The van der Waals surface area contributed by atoms with Crippen molar-refractivity contribution in [3.8, 4) is 0 Å². The summed E-state index contributed by atoms with van der Waals surface area (Å²) < 4.78 is 37.8. The molecule has 1 N–H and O–H groups in total. The molecule has 3 rings (SSSR count). The topological polar surface area (TPSA) is 40.5 Å². The van der Waals surface area contributed by atoms with Gasteiger partial charge in [-0.2, -0.15) is 13.2 Å². The number of fused-ring (bicyclic) bond motifs is 1. The number of alkyl halides is 3. The molecule has 2 atom stereocenters.